The van der Waals surface area contributed by atoms with Crippen molar-refractivity contribution in [3.63, 3.8) is 0 Å². The normalized spacial score (nSPS) is 14.7. The Hall–Kier alpha value is -0.610. The van der Waals surface area contributed by atoms with E-state index in [1.54, 1.807) is 7.11 Å². The molecule has 1 N–H and O–H groups in total. The highest BCUT2D eigenvalue weighted by molar-refractivity contribution is 5.75. The Morgan fingerprint density at radius 3 is 2.35 bits per heavy atom. The highest BCUT2D eigenvalue weighted by Gasteiger charge is 2.24. The van der Waals surface area contributed by atoms with Gasteiger partial charge in [0.05, 0.1) is 13.2 Å². The molecule has 0 aromatic heterocycles. The van der Waals surface area contributed by atoms with Crippen LogP contribution in [0.5, 0.6) is 0 Å². The average molecular weight is 245 g/mol. The highest BCUT2D eigenvalue weighted by Crippen LogP contribution is 2.07. The van der Waals surface area contributed by atoms with E-state index < -0.39 is 0 Å². The van der Waals surface area contributed by atoms with Crippen molar-refractivity contribution in [2.45, 2.75) is 52.6 Å². The second kappa shape index (κ2) is 9.42. The number of carbonyl (C=O) groups excluding carboxylic acids is 1. The second-order valence-electron chi connectivity index (χ2n) is 4.57. The number of carbonyl (C=O) groups is 1. The number of ether oxygens (including phenoxy) is 2. The van der Waals surface area contributed by atoms with E-state index in [1.165, 1.54) is 0 Å². The van der Waals surface area contributed by atoms with Gasteiger partial charge in [0.15, 0.2) is 0 Å². The SMILES string of the molecule is CCCC(NC(COC)C(C)C)C(=O)OCC. The van der Waals surface area contributed by atoms with Gasteiger partial charge in [-0.1, -0.05) is 27.2 Å². The minimum atomic E-state index is -0.220. The Morgan fingerprint density at radius 2 is 1.94 bits per heavy atom. The Morgan fingerprint density at radius 1 is 1.29 bits per heavy atom. The lowest BCUT2D eigenvalue weighted by molar-refractivity contribution is -0.146. The van der Waals surface area contributed by atoms with Crippen molar-refractivity contribution < 1.29 is 14.3 Å². The molecule has 2 atom stereocenters. The lowest BCUT2D eigenvalue weighted by atomic mass is 10.0. The summed E-state index contributed by atoms with van der Waals surface area (Å²) in [6.45, 7) is 9.16. The van der Waals surface area contributed by atoms with Crippen LogP contribution in [-0.4, -0.2) is 38.4 Å². The van der Waals surface area contributed by atoms with Crippen LogP contribution in [0.3, 0.4) is 0 Å². The smallest absolute Gasteiger partial charge is 0.323 e. The van der Waals surface area contributed by atoms with E-state index >= 15 is 0 Å². The molecule has 4 nitrogen and oxygen atoms in total. The van der Waals surface area contributed by atoms with Gasteiger partial charge in [-0.3, -0.25) is 10.1 Å². The third kappa shape index (κ3) is 6.64. The molecular weight excluding hydrogens is 218 g/mol. The van der Waals surface area contributed by atoms with Gasteiger partial charge in [0.25, 0.3) is 0 Å². The second-order valence-corrected chi connectivity index (χ2v) is 4.57. The van der Waals surface area contributed by atoms with Crippen LogP contribution in [0.15, 0.2) is 0 Å². The van der Waals surface area contributed by atoms with Crippen LogP contribution in [0.2, 0.25) is 0 Å². The van der Waals surface area contributed by atoms with Crippen molar-refractivity contribution in [2.24, 2.45) is 5.92 Å². The van der Waals surface area contributed by atoms with Crippen LogP contribution in [0.1, 0.15) is 40.5 Å². The molecule has 0 radical (unpaired) electrons. The third-order valence-corrected chi connectivity index (χ3v) is 2.71. The number of nitrogens with one attached hydrogen (secondary N) is 1. The monoisotopic (exact) mass is 245 g/mol. The average Bonchev–Trinajstić information content (AvgIpc) is 2.27. The summed E-state index contributed by atoms with van der Waals surface area (Å²) in [5, 5.41) is 3.34. The molecular formula is C13H27NO3. The molecule has 102 valence electrons. The minimum absolute atomic E-state index is 0.156. The van der Waals surface area contributed by atoms with Crippen molar-refractivity contribution in [1.29, 1.82) is 0 Å². The largest absolute Gasteiger partial charge is 0.465 e. The van der Waals surface area contributed by atoms with Gasteiger partial charge in [-0.05, 0) is 19.3 Å². The van der Waals surface area contributed by atoms with Crippen molar-refractivity contribution >= 4 is 5.97 Å². The van der Waals surface area contributed by atoms with Gasteiger partial charge in [0.1, 0.15) is 6.04 Å². The molecule has 0 fully saturated rings. The van der Waals surface area contributed by atoms with Crippen LogP contribution in [0.4, 0.5) is 0 Å². The lowest BCUT2D eigenvalue weighted by Gasteiger charge is -2.26. The molecule has 0 heterocycles. The first-order valence-electron chi connectivity index (χ1n) is 6.48. The van der Waals surface area contributed by atoms with Gasteiger partial charge in [0, 0.05) is 13.2 Å². The maximum Gasteiger partial charge on any atom is 0.323 e. The molecule has 4 heteroatoms. The van der Waals surface area contributed by atoms with Gasteiger partial charge < -0.3 is 9.47 Å². The molecule has 0 amide bonds. The number of rotatable bonds is 9. The molecule has 0 aliphatic heterocycles. The standard InChI is InChI=1S/C13H27NO3/c1-6-8-11(13(15)17-7-2)14-12(9-16-5)10(3)4/h10-12,14H,6-9H2,1-5H3. The van der Waals surface area contributed by atoms with Crippen molar-refractivity contribution in [2.75, 3.05) is 20.3 Å². The maximum atomic E-state index is 11.8. The third-order valence-electron chi connectivity index (χ3n) is 2.71. The topological polar surface area (TPSA) is 47.6 Å². The van der Waals surface area contributed by atoms with Gasteiger partial charge >= 0.3 is 5.97 Å². The Kier molecular flexibility index (Phi) is 9.09. The maximum absolute atomic E-state index is 11.8. The van der Waals surface area contributed by atoms with E-state index in [1.807, 2.05) is 6.92 Å². The molecule has 2 unspecified atom stereocenters. The molecule has 0 aromatic rings. The van der Waals surface area contributed by atoms with Crippen molar-refractivity contribution in [1.82, 2.24) is 5.32 Å². The van der Waals surface area contributed by atoms with Crippen LogP contribution in [-0.2, 0) is 14.3 Å². The summed E-state index contributed by atoms with van der Waals surface area (Å²) in [7, 11) is 1.68. The molecule has 0 bridgehead atoms. The molecule has 0 saturated carbocycles. The van der Waals surface area contributed by atoms with Crippen LogP contribution < -0.4 is 5.32 Å². The fraction of sp³-hybridized carbons (Fsp3) is 0.923. The summed E-state index contributed by atoms with van der Waals surface area (Å²) in [5.74, 6) is 0.264. The van der Waals surface area contributed by atoms with Crippen LogP contribution in [0, 0.1) is 5.92 Å². The minimum Gasteiger partial charge on any atom is -0.465 e. The first kappa shape index (κ1) is 16.4. The van der Waals surface area contributed by atoms with E-state index in [0.29, 0.717) is 19.1 Å². The van der Waals surface area contributed by atoms with Crippen LogP contribution in [0.25, 0.3) is 0 Å². The first-order chi connectivity index (χ1) is 8.06. The quantitative estimate of drug-likeness (QED) is 0.631. The summed E-state index contributed by atoms with van der Waals surface area (Å²) < 4.78 is 10.2. The summed E-state index contributed by atoms with van der Waals surface area (Å²) >= 11 is 0. The van der Waals surface area contributed by atoms with Crippen LogP contribution >= 0.6 is 0 Å². The Labute approximate surface area is 105 Å². The van der Waals surface area contributed by atoms with Gasteiger partial charge in [-0.15, -0.1) is 0 Å². The fourth-order valence-electron chi connectivity index (χ4n) is 1.67. The predicted molar refractivity (Wildman–Crippen MR) is 69.0 cm³/mol. The van der Waals surface area contributed by atoms with Gasteiger partial charge in [0.2, 0.25) is 0 Å². The van der Waals surface area contributed by atoms with Gasteiger partial charge in [-0.25, -0.2) is 0 Å². The Balaban J connectivity index is 4.42. The zero-order valence-corrected chi connectivity index (χ0v) is 11.8. The zero-order valence-electron chi connectivity index (χ0n) is 11.8. The first-order valence-corrected chi connectivity index (χ1v) is 6.48. The summed E-state index contributed by atoms with van der Waals surface area (Å²) in [5.41, 5.74) is 0. The molecule has 0 aromatic carbocycles. The number of hydrogen-bond acceptors (Lipinski definition) is 4. The molecule has 17 heavy (non-hydrogen) atoms. The fourth-order valence-corrected chi connectivity index (χ4v) is 1.67. The summed E-state index contributed by atoms with van der Waals surface area (Å²) in [6.07, 6.45) is 1.75. The summed E-state index contributed by atoms with van der Waals surface area (Å²) in [4.78, 5) is 11.8. The number of esters is 1. The van der Waals surface area contributed by atoms with E-state index in [4.69, 9.17) is 9.47 Å². The van der Waals surface area contributed by atoms with E-state index in [2.05, 4.69) is 26.1 Å². The van der Waals surface area contributed by atoms with Crippen molar-refractivity contribution in [3.8, 4) is 0 Å². The molecule has 0 aliphatic carbocycles. The number of hydrogen-bond donors (Lipinski definition) is 1. The van der Waals surface area contributed by atoms with E-state index in [0.717, 1.165) is 12.8 Å². The molecule has 0 saturated heterocycles. The summed E-state index contributed by atoms with van der Waals surface area (Å²) in [6, 6.07) is -0.0385. The zero-order chi connectivity index (χ0) is 13.3. The molecule has 0 spiro atoms. The van der Waals surface area contributed by atoms with E-state index in [9.17, 15) is 4.79 Å². The molecule has 0 aliphatic rings. The highest BCUT2D eigenvalue weighted by atomic mass is 16.5. The van der Waals surface area contributed by atoms with E-state index in [-0.39, 0.29) is 18.1 Å². The molecule has 0 rings (SSSR count). The lowest BCUT2D eigenvalue weighted by Crippen LogP contribution is -2.48. The predicted octanol–water partition coefficient (Wildman–Crippen LogP) is 1.98. The van der Waals surface area contributed by atoms with Crippen molar-refractivity contribution in [3.05, 3.63) is 0 Å². The Bertz CT molecular complexity index is 207. The van der Waals surface area contributed by atoms with Gasteiger partial charge in [-0.2, -0.15) is 0 Å². The number of methoxy groups -OCH3 is 1.